The molecule has 198 valence electrons. The normalized spacial score (nSPS) is 11.9. The molecule has 1 amide bonds. The number of carbonyl (C=O) groups excluding carboxylic acids is 2. The Labute approximate surface area is 232 Å². The Morgan fingerprint density at radius 3 is 2.59 bits per heavy atom. The van der Waals surface area contributed by atoms with Crippen molar-refractivity contribution < 1.29 is 9.59 Å². The largest absolute Gasteiger partial charge is 0.360 e. The maximum atomic E-state index is 13.9. The van der Waals surface area contributed by atoms with E-state index < -0.39 is 0 Å². The van der Waals surface area contributed by atoms with Gasteiger partial charge < -0.3 is 15.6 Å². The highest BCUT2D eigenvalue weighted by Gasteiger charge is 2.24. The number of rotatable bonds is 11. The fourth-order valence-electron chi connectivity index (χ4n) is 4.70. The predicted octanol–water partition coefficient (Wildman–Crippen LogP) is 5.23. The second-order valence-corrected chi connectivity index (χ2v) is 9.91. The Morgan fingerprint density at radius 2 is 1.82 bits per heavy atom. The number of halogens is 1. The van der Waals surface area contributed by atoms with Crippen LogP contribution in [0.1, 0.15) is 27.4 Å². The first kappa shape index (κ1) is 26.4. The molecule has 0 saturated carbocycles. The second-order valence-electron chi connectivity index (χ2n) is 9.47. The average molecular weight is 540 g/mol. The standard InChI is InChI=1S/C31H30ClN5O2/c1-33-30(38)20-37-19-24(16-36-37)23-9-12-26-28(18-35-29(26)15-23)31(39)27(22-5-3-2-4-6-22)17-34-14-13-21-7-10-25(32)11-8-21/h2-12,15-16,18-19,27,34-35H,13-14,17,20H2,1H3,(H,33,38). The van der Waals surface area contributed by atoms with Crippen molar-refractivity contribution in [2.45, 2.75) is 18.9 Å². The number of Topliss-reactive ketones (excluding diaryl/α,β-unsaturated/α-hetero) is 1. The van der Waals surface area contributed by atoms with E-state index in [4.69, 9.17) is 11.6 Å². The van der Waals surface area contributed by atoms with Crippen molar-refractivity contribution in [3.63, 3.8) is 0 Å². The lowest BCUT2D eigenvalue weighted by Crippen LogP contribution is -2.28. The molecule has 0 fully saturated rings. The van der Waals surface area contributed by atoms with E-state index >= 15 is 0 Å². The van der Waals surface area contributed by atoms with Gasteiger partial charge in [0.05, 0.1) is 12.1 Å². The van der Waals surface area contributed by atoms with E-state index in [1.807, 2.05) is 79.0 Å². The number of fused-ring (bicyclic) bond motifs is 1. The van der Waals surface area contributed by atoms with Crippen LogP contribution in [0.2, 0.25) is 5.02 Å². The van der Waals surface area contributed by atoms with E-state index in [1.165, 1.54) is 5.56 Å². The molecule has 0 bridgehead atoms. The Balaban J connectivity index is 1.33. The highest BCUT2D eigenvalue weighted by molar-refractivity contribution is 6.30. The molecule has 0 aliphatic heterocycles. The van der Waals surface area contributed by atoms with Crippen LogP contribution in [0.15, 0.2) is 91.4 Å². The molecule has 2 aromatic heterocycles. The summed E-state index contributed by atoms with van der Waals surface area (Å²) in [5.41, 5.74) is 5.57. The van der Waals surface area contributed by atoms with Gasteiger partial charge in [0.15, 0.2) is 5.78 Å². The van der Waals surface area contributed by atoms with Gasteiger partial charge in [-0.3, -0.25) is 14.3 Å². The summed E-state index contributed by atoms with van der Waals surface area (Å²) in [5, 5.41) is 12.0. The van der Waals surface area contributed by atoms with Gasteiger partial charge in [-0.2, -0.15) is 5.10 Å². The summed E-state index contributed by atoms with van der Waals surface area (Å²) in [6.45, 7) is 1.45. The fourth-order valence-corrected chi connectivity index (χ4v) is 4.83. The predicted molar refractivity (Wildman–Crippen MR) is 155 cm³/mol. The van der Waals surface area contributed by atoms with Gasteiger partial charge in [-0.05, 0) is 47.9 Å². The number of likely N-dealkylation sites (N-methyl/N-ethyl adjacent to an activating group) is 1. The third-order valence-electron chi connectivity index (χ3n) is 6.87. The van der Waals surface area contributed by atoms with Gasteiger partial charge in [-0.25, -0.2) is 0 Å². The van der Waals surface area contributed by atoms with Crippen molar-refractivity contribution in [1.82, 2.24) is 25.4 Å². The van der Waals surface area contributed by atoms with E-state index in [2.05, 4.69) is 20.7 Å². The molecule has 2 heterocycles. The monoisotopic (exact) mass is 539 g/mol. The number of H-pyrrole nitrogens is 1. The van der Waals surface area contributed by atoms with Gasteiger partial charge >= 0.3 is 0 Å². The van der Waals surface area contributed by atoms with Crippen molar-refractivity contribution >= 4 is 34.2 Å². The van der Waals surface area contributed by atoms with E-state index in [0.29, 0.717) is 12.1 Å². The zero-order valence-electron chi connectivity index (χ0n) is 21.7. The number of nitrogens with one attached hydrogen (secondary N) is 3. The van der Waals surface area contributed by atoms with Crippen molar-refractivity contribution in [2.24, 2.45) is 0 Å². The number of aromatic amines is 1. The summed E-state index contributed by atoms with van der Waals surface area (Å²) in [6.07, 6.45) is 6.23. The zero-order chi connectivity index (χ0) is 27.2. The minimum atomic E-state index is -0.321. The lowest BCUT2D eigenvalue weighted by atomic mass is 9.90. The number of amides is 1. The van der Waals surface area contributed by atoms with Gasteiger partial charge in [0.25, 0.3) is 0 Å². The SMILES string of the molecule is CNC(=O)Cn1cc(-c2ccc3c(C(=O)C(CNCCc4ccc(Cl)cc4)c4ccccc4)c[nH]c3c2)cn1. The van der Waals surface area contributed by atoms with Crippen LogP contribution in [0.5, 0.6) is 0 Å². The first-order valence-corrected chi connectivity index (χ1v) is 13.3. The van der Waals surface area contributed by atoms with Crippen LogP contribution in [0.4, 0.5) is 0 Å². The summed E-state index contributed by atoms with van der Waals surface area (Å²) in [4.78, 5) is 28.8. The van der Waals surface area contributed by atoms with Crippen LogP contribution in [0, 0.1) is 0 Å². The number of ketones is 1. The molecular formula is C31H30ClN5O2. The molecule has 0 saturated heterocycles. The van der Waals surface area contributed by atoms with Gasteiger partial charge in [-0.1, -0.05) is 66.2 Å². The fraction of sp³-hybridized carbons (Fsp3) is 0.194. The summed E-state index contributed by atoms with van der Waals surface area (Å²) in [5.74, 6) is -0.365. The molecule has 8 heteroatoms. The smallest absolute Gasteiger partial charge is 0.241 e. The number of nitrogens with zero attached hydrogens (tertiary/aromatic N) is 2. The molecule has 5 aromatic rings. The molecule has 1 atom stereocenters. The molecule has 0 spiro atoms. The number of benzene rings is 3. The molecular weight excluding hydrogens is 510 g/mol. The minimum Gasteiger partial charge on any atom is -0.360 e. The lowest BCUT2D eigenvalue weighted by molar-refractivity contribution is -0.121. The summed E-state index contributed by atoms with van der Waals surface area (Å²) in [6, 6.07) is 23.7. The number of hydrogen-bond donors (Lipinski definition) is 3. The number of hydrogen-bond acceptors (Lipinski definition) is 4. The lowest BCUT2D eigenvalue weighted by Gasteiger charge is -2.17. The second kappa shape index (κ2) is 12.1. The zero-order valence-corrected chi connectivity index (χ0v) is 22.4. The molecule has 0 radical (unpaired) electrons. The summed E-state index contributed by atoms with van der Waals surface area (Å²) >= 11 is 6.00. The van der Waals surface area contributed by atoms with Crippen LogP contribution in [-0.4, -0.2) is 46.6 Å². The Morgan fingerprint density at radius 1 is 1.03 bits per heavy atom. The average Bonchev–Trinajstić information content (AvgIpc) is 3.61. The van der Waals surface area contributed by atoms with E-state index in [1.54, 1.807) is 24.1 Å². The van der Waals surface area contributed by atoms with Crippen molar-refractivity contribution in [2.75, 3.05) is 20.1 Å². The van der Waals surface area contributed by atoms with Gasteiger partial charge in [0.2, 0.25) is 5.91 Å². The van der Waals surface area contributed by atoms with Gasteiger partial charge in [0.1, 0.15) is 6.54 Å². The minimum absolute atomic E-state index is 0.0672. The summed E-state index contributed by atoms with van der Waals surface area (Å²) in [7, 11) is 1.60. The Hall–Kier alpha value is -4.20. The highest BCUT2D eigenvalue weighted by Crippen LogP contribution is 2.29. The molecule has 1 unspecified atom stereocenters. The first-order chi connectivity index (χ1) is 19.0. The topological polar surface area (TPSA) is 91.8 Å². The van der Waals surface area contributed by atoms with Crippen molar-refractivity contribution in [3.8, 4) is 11.1 Å². The van der Waals surface area contributed by atoms with Crippen molar-refractivity contribution in [1.29, 1.82) is 0 Å². The van der Waals surface area contributed by atoms with Crippen LogP contribution >= 0.6 is 11.6 Å². The van der Waals surface area contributed by atoms with Crippen LogP contribution < -0.4 is 10.6 Å². The Kier molecular flexibility index (Phi) is 8.20. The van der Waals surface area contributed by atoms with E-state index in [-0.39, 0.29) is 24.2 Å². The molecule has 3 N–H and O–H groups in total. The van der Waals surface area contributed by atoms with Crippen LogP contribution in [0.3, 0.4) is 0 Å². The molecule has 39 heavy (non-hydrogen) atoms. The quantitative estimate of drug-likeness (QED) is 0.158. The van der Waals surface area contributed by atoms with Crippen LogP contribution in [-0.2, 0) is 17.8 Å². The number of carbonyl (C=O) groups is 2. The third-order valence-corrected chi connectivity index (χ3v) is 7.12. The van der Waals surface area contributed by atoms with E-state index in [9.17, 15) is 9.59 Å². The highest BCUT2D eigenvalue weighted by atomic mass is 35.5. The first-order valence-electron chi connectivity index (χ1n) is 12.9. The van der Waals surface area contributed by atoms with Gasteiger partial charge in [-0.15, -0.1) is 0 Å². The molecule has 0 aliphatic rings. The van der Waals surface area contributed by atoms with Crippen LogP contribution in [0.25, 0.3) is 22.0 Å². The molecule has 5 rings (SSSR count). The van der Waals surface area contributed by atoms with Crippen molar-refractivity contribution in [3.05, 3.63) is 113 Å². The molecule has 0 aliphatic carbocycles. The maximum absolute atomic E-state index is 13.9. The Bertz CT molecular complexity index is 1570. The number of aromatic nitrogens is 3. The molecule has 7 nitrogen and oxygen atoms in total. The maximum Gasteiger partial charge on any atom is 0.241 e. The molecule has 3 aromatic carbocycles. The third kappa shape index (κ3) is 6.28. The summed E-state index contributed by atoms with van der Waals surface area (Å²) < 4.78 is 1.60. The van der Waals surface area contributed by atoms with Gasteiger partial charge in [0, 0.05) is 53.0 Å². The van der Waals surface area contributed by atoms with E-state index in [0.717, 1.165) is 45.6 Å².